The number of likely N-dealkylation sites (tertiary alicyclic amines) is 1. The first-order valence-electron chi connectivity index (χ1n) is 7.37. The molecule has 2 N–H and O–H groups in total. The highest BCUT2D eigenvalue weighted by Crippen LogP contribution is 2.11. The number of urea groups is 1. The van der Waals surface area contributed by atoms with E-state index in [0.717, 1.165) is 0 Å². The monoisotopic (exact) mass is 276 g/mol. The summed E-state index contributed by atoms with van der Waals surface area (Å²) in [4.78, 5) is 15.0. The molecule has 0 saturated carbocycles. The lowest BCUT2D eigenvalue weighted by atomic mass is 10.1. The van der Waals surface area contributed by atoms with Gasteiger partial charge in [0, 0.05) is 26.7 Å². The van der Waals surface area contributed by atoms with Crippen molar-refractivity contribution in [2.24, 2.45) is 0 Å². The van der Waals surface area contributed by atoms with Crippen molar-refractivity contribution >= 4 is 6.03 Å². The summed E-state index contributed by atoms with van der Waals surface area (Å²) < 4.78 is 0. The van der Waals surface area contributed by atoms with E-state index in [2.05, 4.69) is 0 Å². The highest BCUT2D eigenvalue weighted by molar-refractivity contribution is 5.74. The summed E-state index contributed by atoms with van der Waals surface area (Å²) in [7, 11) is 1.68. The van der Waals surface area contributed by atoms with Crippen molar-refractivity contribution in [2.75, 3.05) is 26.7 Å². The van der Waals surface area contributed by atoms with E-state index in [1.54, 1.807) is 18.9 Å². The minimum Gasteiger partial charge on any atom is -0.393 e. The number of hydrogen-bond donors (Lipinski definition) is 2. The fourth-order valence-electron chi connectivity index (χ4n) is 1.77. The molecule has 1 unspecified atom stereocenters. The molecule has 1 fully saturated rings. The molecule has 1 atom stereocenters. The van der Waals surface area contributed by atoms with E-state index in [-0.39, 0.29) is 12.1 Å². The van der Waals surface area contributed by atoms with Gasteiger partial charge in [0.15, 0.2) is 0 Å². The first-order valence-corrected chi connectivity index (χ1v) is 7.37. The predicted molar refractivity (Wildman–Crippen MR) is 79.2 cm³/mol. The second kappa shape index (κ2) is 12.2. The number of carbonyl (C=O) groups is 1. The molecule has 0 bridgehead atoms. The number of amides is 2. The molecule has 1 aliphatic heterocycles. The summed E-state index contributed by atoms with van der Waals surface area (Å²) in [5.74, 6) is 0. The third-order valence-electron chi connectivity index (χ3n) is 2.60. The van der Waals surface area contributed by atoms with Crippen LogP contribution in [0.1, 0.15) is 47.5 Å². The fraction of sp³-hybridized carbons (Fsp3) is 0.929. The van der Waals surface area contributed by atoms with Crippen molar-refractivity contribution in [3.63, 3.8) is 0 Å². The second-order valence-electron chi connectivity index (χ2n) is 4.23. The average molecular weight is 276 g/mol. The summed E-state index contributed by atoms with van der Waals surface area (Å²) in [5.41, 5.74) is 0. The molecule has 2 amide bonds. The average Bonchev–Trinajstić information content (AvgIpc) is 2.42. The van der Waals surface area contributed by atoms with Gasteiger partial charge >= 0.3 is 6.03 Å². The van der Waals surface area contributed by atoms with Crippen LogP contribution in [0.5, 0.6) is 0 Å². The summed E-state index contributed by atoms with van der Waals surface area (Å²) in [5, 5.41) is 18.5. The van der Waals surface area contributed by atoms with Crippen molar-refractivity contribution in [2.45, 2.75) is 59.7 Å². The highest BCUT2D eigenvalue weighted by atomic mass is 16.3. The van der Waals surface area contributed by atoms with Gasteiger partial charge in [0.25, 0.3) is 0 Å². The number of nitrogens with zero attached hydrogens (tertiary/aromatic N) is 2. The van der Waals surface area contributed by atoms with E-state index in [0.29, 0.717) is 32.5 Å². The molecular formula is C14H32N2O3. The molecule has 0 aromatic rings. The lowest BCUT2D eigenvalue weighted by Gasteiger charge is -2.33. The van der Waals surface area contributed by atoms with E-state index >= 15 is 0 Å². The molecule has 0 radical (unpaired) electrons. The number of aliphatic hydroxyl groups excluding tert-OH is 2. The van der Waals surface area contributed by atoms with Crippen LogP contribution < -0.4 is 0 Å². The maximum Gasteiger partial charge on any atom is 0.319 e. The molecule has 0 aliphatic carbocycles. The van der Waals surface area contributed by atoms with E-state index < -0.39 is 6.10 Å². The van der Waals surface area contributed by atoms with Gasteiger partial charge in [0.1, 0.15) is 0 Å². The summed E-state index contributed by atoms with van der Waals surface area (Å²) in [6, 6.07) is -0.0669. The number of hydrogen-bond acceptors (Lipinski definition) is 3. The van der Waals surface area contributed by atoms with Crippen LogP contribution in [0, 0.1) is 0 Å². The molecule has 0 aromatic carbocycles. The third-order valence-corrected chi connectivity index (χ3v) is 2.60. The number of likely N-dealkylation sites (N-methyl/N-ethyl adjacent to an activating group) is 1. The Morgan fingerprint density at radius 2 is 1.68 bits per heavy atom. The third kappa shape index (κ3) is 8.83. The second-order valence-corrected chi connectivity index (χ2v) is 4.23. The van der Waals surface area contributed by atoms with Gasteiger partial charge in [-0.1, -0.05) is 27.7 Å². The van der Waals surface area contributed by atoms with Gasteiger partial charge in [-0.15, -0.1) is 0 Å². The van der Waals surface area contributed by atoms with Crippen LogP contribution in [-0.2, 0) is 0 Å². The normalized spacial score (nSPS) is 16.5. The summed E-state index contributed by atoms with van der Waals surface area (Å²) in [6.07, 6.45) is 0.521. The molecule has 1 saturated heterocycles. The lowest BCUT2D eigenvalue weighted by molar-refractivity contribution is 0.0767. The molecule has 0 spiro atoms. The number of piperidine rings is 1. The quantitative estimate of drug-likeness (QED) is 0.810. The van der Waals surface area contributed by atoms with E-state index in [1.165, 1.54) is 4.90 Å². The number of carbonyl (C=O) groups excluding carboxylic acids is 1. The molecule has 116 valence electrons. The zero-order valence-corrected chi connectivity index (χ0v) is 13.4. The van der Waals surface area contributed by atoms with Crippen molar-refractivity contribution < 1.29 is 15.0 Å². The Bertz CT molecular complexity index is 215. The van der Waals surface area contributed by atoms with Crippen molar-refractivity contribution in [3.8, 4) is 0 Å². The Morgan fingerprint density at radius 3 is 2.05 bits per heavy atom. The highest BCUT2D eigenvalue weighted by Gasteiger charge is 2.23. The van der Waals surface area contributed by atoms with Crippen LogP contribution in [0.4, 0.5) is 4.79 Å². The van der Waals surface area contributed by atoms with Gasteiger partial charge in [-0.2, -0.15) is 0 Å². The maximum atomic E-state index is 11.8. The van der Waals surface area contributed by atoms with E-state index in [9.17, 15) is 9.90 Å². The molecule has 1 aliphatic rings. The van der Waals surface area contributed by atoms with Gasteiger partial charge in [0.05, 0.1) is 12.2 Å². The molecule has 0 aromatic heterocycles. The molecule has 1 heterocycles. The summed E-state index contributed by atoms with van der Waals surface area (Å²) in [6.45, 7) is 11.2. The largest absolute Gasteiger partial charge is 0.393 e. The minimum absolute atomic E-state index is 0.0669. The Kier molecular flexibility index (Phi) is 13.2. The number of rotatable bonds is 2. The van der Waals surface area contributed by atoms with Crippen LogP contribution in [0.2, 0.25) is 0 Å². The summed E-state index contributed by atoms with van der Waals surface area (Å²) >= 11 is 0. The Morgan fingerprint density at radius 1 is 1.26 bits per heavy atom. The molecule has 5 heteroatoms. The van der Waals surface area contributed by atoms with Crippen LogP contribution in [-0.4, -0.2) is 64.9 Å². The zero-order chi connectivity index (χ0) is 15.4. The standard InChI is InChI=1S/C10H20N2O3.2C2H6/c1-8(13)7-11(2)10(15)12-5-3-9(14)4-6-12;2*1-2/h8-9,13-14H,3-7H2,1-2H3;2*1-2H3. The SMILES string of the molecule is CC.CC.CC(O)CN(C)C(=O)N1CCC(O)CC1. The van der Waals surface area contributed by atoms with Crippen LogP contribution in [0.25, 0.3) is 0 Å². The zero-order valence-electron chi connectivity index (χ0n) is 13.4. The molecule has 19 heavy (non-hydrogen) atoms. The van der Waals surface area contributed by atoms with Crippen LogP contribution in [0.15, 0.2) is 0 Å². The van der Waals surface area contributed by atoms with Crippen molar-refractivity contribution in [3.05, 3.63) is 0 Å². The first-order chi connectivity index (χ1) is 9.00. The Labute approximate surface area is 118 Å². The van der Waals surface area contributed by atoms with Crippen LogP contribution in [0.3, 0.4) is 0 Å². The Hall–Kier alpha value is -0.810. The van der Waals surface area contributed by atoms with Gasteiger partial charge in [-0.05, 0) is 19.8 Å². The fourth-order valence-corrected chi connectivity index (χ4v) is 1.77. The van der Waals surface area contributed by atoms with Gasteiger partial charge in [0.2, 0.25) is 0 Å². The smallest absolute Gasteiger partial charge is 0.319 e. The predicted octanol–water partition coefficient (Wildman–Crippen LogP) is 1.93. The van der Waals surface area contributed by atoms with E-state index in [4.69, 9.17) is 5.11 Å². The number of aliphatic hydroxyl groups is 2. The first kappa shape index (κ1) is 20.5. The lowest BCUT2D eigenvalue weighted by Crippen LogP contribution is -2.47. The van der Waals surface area contributed by atoms with E-state index in [1.807, 2.05) is 27.7 Å². The van der Waals surface area contributed by atoms with Crippen molar-refractivity contribution in [1.29, 1.82) is 0 Å². The minimum atomic E-state index is -0.505. The van der Waals surface area contributed by atoms with Gasteiger partial charge < -0.3 is 20.0 Å². The van der Waals surface area contributed by atoms with Crippen LogP contribution >= 0.6 is 0 Å². The van der Waals surface area contributed by atoms with Crippen molar-refractivity contribution in [1.82, 2.24) is 9.80 Å². The van der Waals surface area contributed by atoms with Gasteiger partial charge in [-0.25, -0.2) is 4.79 Å². The molecule has 1 rings (SSSR count). The topological polar surface area (TPSA) is 64.0 Å². The molecular weight excluding hydrogens is 244 g/mol. The molecule has 5 nitrogen and oxygen atoms in total. The maximum absolute atomic E-state index is 11.8. The Balaban J connectivity index is 0. The van der Waals surface area contributed by atoms with Gasteiger partial charge in [-0.3, -0.25) is 0 Å².